The summed E-state index contributed by atoms with van der Waals surface area (Å²) in [6, 6.07) is 11.9. The second-order valence-corrected chi connectivity index (χ2v) is 7.79. The molecule has 0 aliphatic rings. The molecule has 4 aromatic rings. The first-order chi connectivity index (χ1) is 14.0. The summed E-state index contributed by atoms with van der Waals surface area (Å²) in [6.07, 6.45) is 3.38. The molecule has 2 N–H and O–H groups in total. The molecule has 29 heavy (non-hydrogen) atoms. The molecule has 7 nitrogen and oxygen atoms in total. The lowest BCUT2D eigenvalue weighted by molar-refractivity contribution is -0.115. The zero-order valence-corrected chi connectivity index (χ0v) is 17.0. The average molecular weight is 407 g/mol. The molecular weight excluding hydrogens is 386 g/mol. The summed E-state index contributed by atoms with van der Waals surface area (Å²) in [5, 5.41) is 11.7. The maximum atomic E-state index is 12.4. The monoisotopic (exact) mass is 407 g/mol. The Kier molecular flexibility index (Phi) is 5.18. The first-order valence-corrected chi connectivity index (χ1v) is 10.1. The van der Waals surface area contributed by atoms with Crippen molar-refractivity contribution in [3.8, 4) is 0 Å². The topological polar surface area (TPSA) is 81.0 Å². The van der Waals surface area contributed by atoms with Crippen molar-refractivity contribution in [3.63, 3.8) is 0 Å². The van der Waals surface area contributed by atoms with Gasteiger partial charge in [0.1, 0.15) is 5.69 Å². The standard InChI is InChI=1S/C21H21N5O2S/c1-14-5-3-4-6-15(14)12-26-13-16(10-23-26)24-20(27)11-22-21(28)18-9-19-17(25(18)2)7-8-29-19/h3-10,13H,11-12H2,1-2H3,(H,22,28)(H,24,27). The number of anilines is 1. The minimum atomic E-state index is -0.301. The van der Waals surface area contributed by atoms with Crippen LogP contribution in [0.2, 0.25) is 0 Å². The molecule has 0 saturated heterocycles. The van der Waals surface area contributed by atoms with E-state index in [0.29, 0.717) is 17.9 Å². The number of thiophene rings is 1. The van der Waals surface area contributed by atoms with Crippen LogP contribution in [0.25, 0.3) is 10.2 Å². The smallest absolute Gasteiger partial charge is 0.268 e. The SMILES string of the molecule is Cc1ccccc1Cn1cc(NC(=O)CNC(=O)c2cc3sccc3n2C)cn1. The van der Waals surface area contributed by atoms with Crippen LogP contribution < -0.4 is 10.6 Å². The van der Waals surface area contributed by atoms with Crippen molar-refractivity contribution in [1.29, 1.82) is 0 Å². The van der Waals surface area contributed by atoms with E-state index in [9.17, 15) is 9.59 Å². The lowest BCUT2D eigenvalue weighted by Gasteiger charge is -2.07. The first kappa shape index (κ1) is 18.9. The molecule has 0 fully saturated rings. The fraction of sp³-hybridized carbons (Fsp3) is 0.190. The van der Waals surface area contributed by atoms with Gasteiger partial charge in [-0.05, 0) is 35.6 Å². The van der Waals surface area contributed by atoms with Gasteiger partial charge in [-0.25, -0.2) is 0 Å². The van der Waals surface area contributed by atoms with E-state index in [2.05, 4.69) is 34.8 Å². The number of amides is 2. The molecule has 0 spiro atoms. The van der Waals surface area contributed by atoms with Crippen LogP contribution in [-0.2, 0) is 18.4 Å². The van der Waals surface area contributed by atoms with Crippen LogP contribution in [0.4, 0.5) is 5.69 Å². The van der Waals surface area contributed by atoms with Crippen LogP contribution in [0.15, 0.2) is 54.2 Å². The van der Waals surface area contributed by atoms with Crippen LogP contribution in [0.1, 0.15) is 21.6 Å². The van der Waals surface area contributed by atoms with Gasteiger partial charge in [0.2, 0.25) is 5.91 Å². The van der Waals surface area contributed by atoms with Gasteiger partial charge in [-0.15, -0.1) is 11.3 Å². The number of benzene rings is 1. The molecule has 148 valence electrons. The Bertz CT molecular complexity index is 1190. The van der Waals surface area contributed by atoms with E-state index in [1.165, 1.54) is 11.1 Å². The minimum absolute atomic E-state index is 0.110. The third-order valence-electron chi connectivity index (χ3n) is 4.82. The molecule has 0 unspecified atom stereocenters. The number of nitrogens with zero attached hydrogens (tertiary/aromatic N) is 3. The highest BCUT2D eigenvalue weighted by Gasteiger charge is 2.15. The van der Waals surface area contributed by atoms with Gasteiger partial charge in [-0.2, -0.15) is 5.10 Å². The van der Waals surface area contributed by atoms with Crippen molar-refractivity contribution in [2.24, 2.45) is 7.05 Å². The van der Waals surface area contributed by atoms with E-state index in [-0.39, 0.29) is 18.4 Å². The summed E-state index contributed by atoms with van der Waals surface area (Å²) >= 11 is 1.58. The fourth-order valence-corrected chi connectivity index (χ4v) is 4.05. The van der Waals surface area contributed by atoms with E-state index in [4.69, 9.17) is 0 Å². The molecule has 3 heterocycles. The molecule has 0 aliphatic heterocycles. The number of hydrogen-bond donors (Lipinski definition) is 2. The Morgan fingerprint density at radius 2 is 2.03 bits per heavy atom. The third-order valence-corrected chi connectivity index (χ3v) is 5.67. The Balaban J connectivity index is 1.32. The number of aryl methyl sites for hydroxylation is 2. The number of carbonyl (C=O) groups is 2. The Hall–Kier alpha value is -3.39. The van der Waals surface area contributed by atoms with Crippen molar-refractivity contribution >= 4 is 39.1 Å². The van der Waals surface area contributed by atoms with Crippen LogP contribution >= 0.6 is 11.3 Å². The molecular formula is C21H21N5O2S. The van der Waals surface area contributed by atoms with E-state index >= 15 is 0 Å². The highest BCUT2D eigenvalue weighted by atomic mass is 32.1. The maximum Gasteiger partial charge on any atom is 0.268 e. The summed E-state index contributed by atoms with van der Waals surface area (Å²) in [7, 11) is 1.84. The first-order valence-electron chi connectivity index (χ1n) is 9.19. The maximum absolute atomic E-state index is 12.4. The molecule has 0 saturated carbocycles. The predicted octanol–water partition coefficient (Wildman–Crippen LogP) is 3.16. The van der Waals surface area contributed by atoms with Gasteiger partial charge in [0.05, 0.1) is 35.2 Å². The van der Waals surface area contributed by atoms with Gasteiger partial charge in [0.25, 0.3) is 5.91 Å². The molecule has 8 heteroatoms. The third kappa shape index (κ3) is 4.07. The highest BCUT2D eigenvalue weighted by Crippen LogP contribution is 2.24. The quantitative estimate of drug-likeness (QED) is 0.515. The number of rotatable bonds is 6. The molecule has 1 aromatic carbocycles. The molecule has 0 bridgehead atoms. The Labute approximate surface area is 172 Å². The van der Waals surface area contributed by atoms with Gasteiger partial charge in [-0.1, -0.05) is 24.3 Å². The summed E-state index contributed by atoms with van der Waals surface area (Å²) in [5.41, 5.74) is 4.49. The zero-order valence-electron chi connectivity index (χ0n) is 16.2. The number of fused-ring (bicyclic) bond motifs is 1. The largest absolute Gasteiger partial charge is 0.342 e. The number of carbonyl (C=O) groups excluding carboxylic acids is 2. The summed E-state index contributed by atoms with van der Waals surface area (Å²) < 4.78 is 4.64. The lowest BCUT2D eigenvalue weighted by Crippen LogP contribution is -2.33. The number of hydrogen-bond acceptors (Lipinski definition) is 4. The molecule has 2 amide bonds. The molecule has 0 atom stereocenters. The Morgan fingerprint density at radius 3 is 2.83 bits per heavy atom. The van der Waals surface area contributed by atoms with Gasteiger partial charge in [-0.3, -0.25) is 14.3 Å². The Morgan fingerprint density at radius 1 is 1.21 bits per heavy atom. The van der Waals surface area contributed by atoms with E-state index < -0.39 is 0 Å². The molecule has 3 aromatic heterocycles. The van der Waals surface area contributed by atoms with E-state index in [1.54, 1.807) is 28.4 Å². The normalized spacial score (nSPS) is 11.0. The number of aromatic nitrogens is 3. The van der Waals surface area contributed by atoms with Crippen molar-refractivity contribution < 1.29 is 9.59 Å². The molecule has 4 rings (SSSR count). The van der Waals surface area contributed by atoms with Gasteiger partial charge in [0, 0.05) is 13.2 Å². The number of nitrogens with one attached hydrogen (secondary N) is 2. The highest BCUT2D eigenvalue weighted by molar-refractivity contribution is 7.17. The summed E-state index contributed by atoms with van der Waals surface area (Å²) in [4.78, 5) is 24.6. The van der Waals surface area contributed by atoms with Crippen LogP contribution in [-0.4, -0.2) is 32.7 Å². The van der Waals surface area contributed by atoms with Gasteiger partial charge < -0.3 is 15.2 Å². The molecule has 0 radical (unpaired) electrons. The van der Waals surface area contributed by atoms with Gasteiger partial charge in [0.15, 0.2) is 0 Å². The van der Waals surface area contributed by atoms with Crippen molar-refractivity contribution in [2.75, 3.05) is 11.9 Å². The van der Waals surface area contributed by atoms with Crippen molar-refractivity contribution in [3.05, 3.63) is 71.0 Å². The minimum Gasteiger partial charge on any atom is -0.342 e. The fourth-order valence-electron chi connectivity index (χ4n) is 3.20. The lowest BCUT2D eigenvalue weighted by atomic mass is 10.1. The average Bonchev–Trinajstić information content (AvgIpc) is 3.40. The van der Waals surface area contributed by atoms with Crippen LogP contribution in [0.3, 0.4) is 0 Å². The van der Waals surface area contributed by atoms with E-state index in [0.717, 1.165) is 10.2 Å². The van der Waals surface area contributed by atoms with Crippen LogP contribution in [0, 0.1) is 6.92 Å². The van der Waals surface area contributed by atoms with Crippen molar-refractivity contribution in [1.82, 2.24) is 19.7 Å². The summed E-state index contributed by atoms with van der Waals surface area (Å²) in [6.45, 7) is 2.57. The van der Waals surface area contributed by atoms with Crippen LogP contribution in [0.5, 0.6) is 0 Å². The van der Waals surface area contributed by atoms with Crippen molar-refractivity contribution in [2.45, 2.75) is 13.5 Å². The second kappa shape index (κ2) is 7.92. The van der Waals surface area contributed by atoms with E-state index in [1.807, 2.05) is 41.3 Å². The molecule has 0 aliphatic carbocycles. The van der Waals surface area contributed by atoms with Gasteiger partial charge >= 0.3 is 0 Å². The summed E-state index contributed by atoms with van der Waals surface area (Å²) in [5.74, 6) is -0.578. The zero-order chi connectivity index (χ0) is 20.4. The second-order valence-electron chi connectivity index (χ2n) is 6.84. The predicted molar refractivity (Wildman–Crippen MR) is 114 cm³/mol.